The number of nitrogens with zero attached hydrogens (tertiary/aromatic N) is 5. The summed E-state index contributed by atoms with van der Waals surface area (Å²) in [6.45, 7) is 4.33. The van der Waals surface area contributed by atoms with E-state index in [-0.39, 0.29) is 0 Å². The van der Waals surface area contributed by atoms with Crippen molar-refractivity contribution >= 4 is 5.65 Å². The van der Waals surface area contributed by atoms with Crippen molar-refractivity contribution < 1.29 is 4.74 Å². The molecule has 126 valence electrons. The van der Waals surface area contributed by atoms with Gasteiger partial charge in [0.25, 0.3) is 0 Å². The van der Waals surface area contributed by atoms with Crippen molar-refractivity contribution in [1.82, 2.24) is 24.1 Å². The molecule has 25 heavy (non-hydrogen) atoms. The number of aryl methyl sites for hydroxylation is 3. The molecule has 0 bridgehead atoms. The molecule has 0 unspecified atom stereocenters. The second kappa shape index (κ2) is 6.05. The maximum absolute atomic E-state index is 5.85. The van der Waals surface area contributed by atoms with Gasteiger partial charge in [0.1, 0.15) is 12.4 Å². The first-order valence-electron chi connectivity index (χ1n) is 8.15. The summed E-state index contributed by atoms with van der Waals surface area (Å²) >= 11 is 0. The van der Waals surface area contributed by atoms with Crippen LogP contribution in [0.4, 0.5) is 0 Å². The van der Waals surface area contributed by atoms with E-state index < -0.39 is 0 Å². The molecule has 0 amide bonds. The lowest BCUT2D eigenvalue weighted by atomic mass is 10.2. The largest absolute Gasteiger partial charge is 0.468 e. The zero-order valence-corrected chi connectivity index (χ0v) is 14.5. The van der Waals surface area contributed by atoms with Crippen molar-refractivity contribution in [3.05, 3.63) is 65.9 Å². The fraction of sp³-hybridized carbons (Fsp3) is 0.211. The van der Waals surface area contributed by atoms with E-state index in [1.165, 1.54) is 0 Å². The predicted octanol–water partition coefficient (Wildman–Crippen LogP) is 3.33. The Morgan fingerprint density at radius 2 is 1.80 bits per heavy atom. The molecule has 1 aromatic carbocycles. The molecule has 0 aliphatic heterocycles. The maximum atomic E-state index is 5.85. The van der Waals surface area contributed by atoms with Gasteiger partial charge in [0.2, 0.25) is 5.88 Å². The van der Waals surface area contributed by atoms with E-state index in [2.05, 4.69) is 15.1 Å². The second-order valence-electron chi connectivity index (χ2n) is 6.03. The Morgan fingerprint density at radius 3 is 2.60 bits per heavy atom. The summed E-state index contributed by atoms with van der Waals surface area (Å²) in [6, 6.07) is 13.9. The summed E-state index contributed by atoms with van der Waals surface area (Å²) in [5.74, 6) is 1.40. The predicted molar refractivity (Wildman–Crippen MR) is 95.4 cm³/mol. The van der Waals surface area contributed by atoms with Crippen LogP contribution in [0, 0.1) is 13.8 Å². The van der Waals surface area contributed by atoms with Crippen LogP contribution in [0.2, 0.25) is 0 Å². The number of imidazole rings is 2. The van der Waals surface area contributed by atoms with Crippen molar-refractivity contribution in [2.24, 2.45) is 7.05 Å². The number of ether oxygens (including phenoxy) is 1. The van der Waals surface area contributed by atoms with Gasteiger partial charge in [-0.05, 0) is 19.9 Å². The quantitative estimate of drug-likeness (QED) is 0.575. The van der Waals surface area contributed by atoms with Gasteiger partial charge in [0.15, 0.2) is 5.65 Å². The summed E-state index contributed by atoms with van der Waals surface area (Å²) in [6.07, 6.45) is 2.01. The summed E-state index contributed by atoms with van der Waals surface area (Å²) in [5.41, 5.74) is 4.84. The minimum Gasteiger partial charge on any atom is -0.468 e. The molecular weight excluding hydrogens is 314 g/mol. The van der Waals surface area contributed by atoms with Crippen LogP contribution < -0.4 is 4.74 Å². The molecule has 6 nitrogen and oxygen atoms in total. The van der Waals surface area contributed by atoms with E-state index in [0.29, 0.717) is 12.5 Å². The molecule has 0 aliphatic rings. The zero-order valence-electron chi connectivity index (χ0n) is 14.5. The van der Waals surface area contributed by atoms with Gasteiger partial charge >= 0.3 is 0 Å². The standard InChI is InChI=1S/C19H19N5O/c1-13-14(2)24-17(20-13)9-10-19(22-24)25-12-18-21-16(11-23(18)3)15-7-5-4-6-8-15/h4-11H,12H2,1-3H3. The van der Waals surface area contributed by atoms with E-state index >= 15 is 0 Å². The molecule has 4 rings (SSSR count). The third-order valence-electron chi connectivity index (χ3n) is 4.31. The molecule has 4 aromatic rings. The van der Waals surface area contributed by atoms with Crippen LogP contribution in [0.3, 0.4) is 0 Å². The molecule has 0 saturated carbocycles. The van der Waals surface area contributed by atoms with Crippen molar-refractivity contribution in [1.29, 1.82) is 0 Å². The fourth-order valence-corrected chi connectivity index (χ4v) is 2.74. The van der Waals surface area contributed by atoms with E-state index in [1.54, 1.807) is 4.52 Å². The van der Waals surface area contributed by atoms with Gasteiger partial charge < -0.3 is 9.30 Å². The molecule has 0 N–H and O–H groups in total. The average molecular weight is 333 g/mol. The van der Waals surface area contributed by atoms with Crippen molar-refractivity contribution in [3.8, 4) is 17.1 Å². The van der Waals surface area contributed by atoms with Crippen LogP contribution in [0.15, 0.2) is 48.7 Å². The molecular formula is C19H19N5O. The fourth-order valence-electron chi connectivity index (χ4n) is 2.74. The first-order chi connectivity index (χ1) is 12.1. The van der Waals surface area contributed by atoms with Gasteiger partial charge in [0, 0.05) is 24.9 Å². The highest BCUT2D eigenvalue weighted by Gasteiger charge is 2.10. The molecule has 0 fully saturated rings. The number of hydrogen-bond acceptors (Lipinski definition) is 4. The maximum Gasteiger partial charge on any atom is 0.232 e. The van der Waals surface area contributed by atoms with Gasteiger partial charge in [-0.2, -0.15) is 0 Å². The molecule has 0 atom stereocenters. The topological polar surface area (TPSA) is 57.2 Å². The minimum absolute atomic E-state index is 0.356. The number of hydrogen-bond donors (Lipinski definition) is 0. The number of benzene rings is 1. The van der Waals surface area contributed by atoms with Crippen molar-refractivity contribution in [2.45, 2.75) is 20.5 Å². The van der Waals surface area contributed by atoms with Crippen molar-refractivity contribution in [3.63, 3.8) is 0 Å². The van der Waals surface area contributed by atoms with Crippen LogP contribution >= 0.6 is 0 Å². The van der Waals surface area contributed by atoms with E-state index in [1.807, 2.05) is 74.1 Å². The van der Waals surface area contributed by atoms with Crippen LogP contribution in [0.1, 0.15) is 17.2 Å². The lowest BCUT2D eigenvalue weighted by molar-refractivity contribution is 0.276. The highest BCUT2D eigenvalue weighted by Crippen LogP contribution is 2.19. The normalized spacial score (nSPS) is 11.2. The lowest BCUT2D eigenvalue weighted by Gasteiger charge is -2.05. The van der Waals surface area contributed by atoms with E-state index in [4.69, 9.17) is 4.74 Å². The summed E-state index contributed by atoms with van der Waals surface area (Å²) in [5, 5.41) is 4.50. The Labute approximate surface area is 145 Å². The van der Waals surface area contributed by atoms with Gasteiger partial charge in [-0.3, -0.25) is 0 Å². The Bertz CT molecular complexity index is 1030. The lowest BCUT2D eigenvalue weighted by Crippen LogP contribution is -2.05. The van der Waals surface area contributed by atoms with Gasteiger partial charge in [-0.25, -0.2) is 14.5 Å². The monoisotopic (exact) mass is 333 g/mol. The highest BCUT2D eigenvalue weighted by molar-refractivity contribution is 5.58. The van der Waals surface area contributed by atoms with Crippen LogP contribution in [0.5, 0.6) is 5.88 Å². The Kier molecular flexibility index (Phi) is 3.72. The molecule has 0 spiro atoms. The highest BCUT2D eigenvalue weighted by atomic mass is 16.5. The molecule has 0 aliphatic carbocycles. The molecule has 6 heteroatoms. The Hall–Kier alpha value is -3.15. The minimum atomic E-state index is 0.356. The molecule has 0 saturated heterocycles. The van der Waals surface area contributed by atoms with Gasteiger partial charge in [-0.15, -0.1) is 5.10 Å². The van der Waals surface area contributed by atoms with E-state index in [9.17, 15) is 0 Å². The molecule has 3 aromatic heterocycles. The molecule has 0 radical (unpaired) electrons. The first-order valence-corrected chi connectivity index (χ1v) is 8.15. The van der Waals surface area contributed by atoms with Crippen LogP contribution in [-0.4, -0.2) is 24.1 Å². The summed E-state index contributed by atoms with van der Waals surface area (Å²) in [4.78, 5) is 9.12. The summed E-state index contributed by atoms with van der Waals surface area (Å²) < 4.78 is 9.64. The smallest absolute Gasteiger partial charge is 0.232 e. The molecule has 3 heterocycles. The van der Waals surface area contributed by atoms with Crippen LogP contribution in [-0.2, 0) is 13.7 Å². The van der Waals surface area contributed by atoms with Gasteiger partial charge in [0.05, 0.1) is 17.1 Å². The number of rotatable bonds is 4. The second-order valence-corrected chi connectivity index (χ2v) is 6.03. The first kappa shape index (κ1) is 15.4. The van der Waals surface area contributed by atoms with Gasteiger partial charge in [-0.1, -0.05) is 30.3 Å². The average Bonchev–Trinajstić information content (AvgIpc) is 3.14. The number of fused-ring (bicyclic) bond motifs is 1. The van der Waals surface area contributed by atoms with E-state index in [0.717, 1.165) is 34.1 Å². The van der Waals surface area contributed by atoms with Crippen LogP contribution in [0.25, 0.3) is 16.9 Å². The third kappa shape index (κ3) is 2.87. The summed E-state index contributed by atoms with van der Waals surface area (Å²) in [7, 11) is 1.97. The Balaban J connectivity index is 1.55. The van der Waals surface area contributed by atoms with Crippen molar-refractivity contribution in [2.75, 3.05) is 0 Å². The number of aromatic nitrogens is 5. The third-order valence-corrected chi connectivity index (χ3v) is 4.31. The Morgan fingerprint density at radius 1 is 1.00 bits per heavy atom. The zero-order chi connectivity index (χ0) is 17.4. The SMILES string of the molecule is Cc1nc2ccc(OCc3nc(-c4ccccc4)cn3C)nn2c1C.